The van der Waals surface area contributed by atoms with E-state index in [1.165, 1.54) is 21.4 Å². The van der Waals surface area contributed by atoms with E-state index in [-0.39, 0.29) is 0 Å². The summed E-state index contributed by atoms with van der Waals surface area (Å²) in [5.74, 6) is 0. The molecule has 2 heterocycles. The highest BCUT2D eigenvalue weighted by molar-refractivity contribution is 7.21. The zero-order chi connectivity index (χ0) is 11.0. The Balaban J connectivity index is 2.19. The van der Waals surface area contributed by atoms with Gasteiger partial charge in [0.15, 0.2) is 0 Å². The van der Waals surface area contributed by atoms with Crippen LogP contribution < -0.4 is 0 Å². The topological polar surface area (TPSA) is 12.9 Å². The quantitative estimate of drug-likeness (QED) is 0.602. The minimum absolute atomic E-state index is 1.11. The molecule has 1 aromatic carbocycles. The summed E-state index contributed by atoms with van der Waals surface area (Å²) in [5, 5.41) is 1.23. The highest BCUT2D eigenvalue weighted by Crippen LogP contribution is 2.32. The van der Waals surface area contributed by atoms with Crippen LogP contribution in [0.1, 0.15) is 5.56 Å². The van der Waals surface area contributed by atoms with Gasteiger partial charge in [0, 0.05) is 16.5 Å². The summed E-state index contributed by atoms with van der Waals surface area (Å²) < 4.78 is 0. The molecule has 0 N–H and O–H groups in total. The molecule has 0 bridgehead atoms. The molecular formula is C14H11NS. The molecule has 0 aliphatic rings. The minimum Gasteiger partial charge on any atom is -0.245 e. The second-order valence-electron chi connectivity index (χ2n) is 3.88. The van der Waals surface area contributed by atoms with Crippen molar-refractivity contribution in [2.45, 2.75) is 6.92 Å². The second-order valence-corrected chi connectivity index (χ2v) is 4.91. The predicted molar refractivity (Wildman–Crippen MR) is 69.8 cm³/mol. The first-order valence-corrected chi connectivity index (χ1v) is 6.06. The molecule has 0 spiro atoms. The predicted octanol–water partition coefficient (Wildman–Crippen LogP) is 4.27. The molecule has 2 heteroatoms. The van der Waals surface area contributed by atoms with Crippen molar-refractivity contribution in [2.24, 2.45) is 0 Å². The number of benzene rings is 1. The first-order chi connectivity index (χ1) is 7.83. The number of rotatable bonds is 1. The zero-order valence-electron chi connectivity index (χ0n) is 8.97. The van der Waals surface area contributed by atoms with Gasteiger partial charge in [0.1, 0.15) is 4.83 Å². The Morgan fingerprint density at radius 2 is 2.00 bits per heavy atom. The summed E-state index contributed by atoms with van der Waals surface area (Å²) in [7, 11) is 0. The molecule has 0 amide bonds. The van der Waals surface area contributed by atoms with Crippen LogP contribution in [0.15, 0.2) is 48.7 Å². The largest absolute Gasteiger partial charge is 0.245 e. The van der Waals surface area contributed by atoms with Crippen LogP contribution in [0.3, 0.4) is 0 Å². The number of aryl methyl sites for hydroxylation is 1. The van der Waals surface area contributed by atoms with Gasteiger partial charge in [0.25, 0.3) is 0 Å². The van der Waals surface area contributed by atoms with Gasteiger partial charge in [-0.1, -0.05) is 35.9 Å². The van der Waals surface area contributed by atoms with Crippen LogP contribution in [0.25, 0.3) is 20.7 Å². The lowest BCUT2D eigenvalue weighted by atomic mass is 10.1. The Kier molecular flexibility index (Phi) is 2.22. The Labute approximate surface area is 98.4 Å². The monoisotopic (exact) mass is 225 g/mol. The van der Waals surface area contributed by atoms with E-state index in [1.807, 2.05) is 12.3 Å². The molecule has 0 aliphatic heterocycles. The van der Waals surface area contributed by atoms with E-state index in [0.717, 1.165) is 4.83 Å². The van der Waals surface area contributed by atoms with Crippen LogP contribution in [-0.4, -0.2) is 4.98 Å². The highest BCUT2D eigenvalue weighted by Gasteiger charge is 2.04. The molecule has 0 saturated carbocycles. The van der Waals surface area contributed by atoms with E-state index in [2.05, 4.69) is 48.3 Å². The molecule has 0 radical (unpaired) electrons. The van der Waals surface area contributed by atoms with Gasteiger partial charge in [-0.2, -0.15) is 0 Å². The minimum atomic E-state index is 1.11. The van der Waals surface area contributed by atoms with Gasteiger partial charge < -0.3 is 0 Å². The Hall–Kier alpha value is -1.67. The van der Waals surface area contributed by atoms with E-state index in [0.29, 0.717) is 0 Å². The summed E-state index contributed by atoms with van der Waals surface area (Å²) in [6.45, 7) is 2.12. The van der Waals surface area contributed by atoms with Crippen LogP contribution in [0.4, 0.5) is 0 Å². The van der Waals surface area contributed by atoms with Gasteiger partial charge in [-0.15, -0.1) is 11.3 Å². The number of hydrogen-bond acceptors (Lipinski definition) is 2. The zero-order valence-corrected chi connectivity index (χ0v) is 9.79. The fraction of sp³-hybridized carbons (Fsp3) is 0.0714. The first kappa shape index (κ1) is 9.55. The lowest BCUT2D eigenvalue weighted by Gasteiger charge is -1.97. The Bertz CT molecular complexity index is 607. The molecule has 0 saturated heterocycles. The third kappa shape index (κ3) is 1.61. The summed E-state index contributed by atoms with van der Waals surface area (Å²) in [4.78, 5) is 6.77. The molecule has 1 nitrogen and oxygen atoms in total. The SMILES string of the molecule is Cc1cccc(-c2cc3cccnc3s2)c1. The summed E-state index contributed by atoms with van der Waals surface area (Å²) >= 11 is 1.75. The first-order valence-electron chi connectivity index (χ1n) is 5.24. The number of hydrogen-bond donors (Lipinski definition) is 0. The van der Waals surface area contributed by atoms with Gasteiger partial charge in [0.05, 0.1) is 0 Å². The third-order valence-electron chi connectivity index (χ3n) is 2.60. The molecule has 0 aliphatic carbocycles. The smallest absolute Gasteiger partial charge is 0.123 e. The van der Waals surface area contributed by atoms with Crippen molar-refractivity contribution in [1.29, 1.82) is 0 Å². The molecule has 0 atom stereocenters. The maximum absolute atomic E-state index is 4.37. The van der Waals surface area contributed by atoms with Gasteiger partial charge >= 0.3 is 0 Å². The molecular weight excluding hydrogens is 214 g/mol. The van der Waals surface area contributed by atoms with Gasteiger partial charge in [-0.05, 0) is 24.6 Å². The van der Waals surface area contributed by atoms with Crippen molar-refractivity contribution in [1.82, 2.24) is 4.98 Å². The van der Waals surface area contributed by atoms with E-state index in [1.54, 1.807) is 11.3 Å². The third-order valence-corrected chi connectivity index (χ3v) is 3.70. The highest BCUT2D eigenvalue weighted by atomic mass is 32.1. The van der Waals surface area contributed by atoms with Gasteiger partial charge in [-0.3, -0.25) is 0 Å². The lowest BCUT2D eigenvalue weighted by Crippen LogP contribution is -1.73. The summed E-state index contributed by atoms with van der Waals surface area (Å²) in [5.41, 5.74) is 2.57. The average molecular weight is 225 g/mol. The Morgan fingerprint density at radius 1 is 1.06 bits per heavy atom. The lowest BCUT2D eigenvalue weighted by molar-refractivity contribution is 1.45. The summed E-state index contributed by atoms with van der Waals surface area (Å²) in [6, 6.07) is 14.9. The van der Waals surface area contributed by atoms with Crippen LogP contribution in [0.5, 0.6) is 0 Å². The molecule has 16 heavy (non-hydrogen) atoms. The van der Waals surface area contributed by atoms with Crippen molar-refractivity contribution in [3.8, 4) is 10.4 Å². The van der Waals surface area contributed by atoms with Crippen molar-refractivity contribution in [2.75, 3.05) is 0 Å². The fourth-order valence-corrected chi connectivity index (χ4v) is 2.81. The van der Waals surface area contributed by atoms with E-state index < -0.39 is 0 Å². The van der Waals surface area contributed by atoms with Crippen LogP contribution in [0.2, 0.25) is 0 Å². The standard InChI is InChI=1S/C14H11NS/c1-10-4-2-5-11(8-10)13-9-12-6-3-7-15-14(12)16-13/h2-9H,1H3. The van der Waals surface area contributed by atoms with E-state index in [9.17, 15) is 0 Å². The second kappa shape index (κ2) is 3.72. The maximum Gasteiger partial charge on any atom is 0.123 e. The molecule has 0 fully saturated rings. The molecule has 0 unspecified atom stereocenters. The van der Waals surface area contributed by atoms with Crippen molar-refractivity contribution in [3.05, 3.63) is 54.2 Å². The number of aromatic nitrogens is 1. The number of pyridine rings is 1. The summed E-state index contributed by atoms with van der Waals surface area (Å²) in [6.07, 6.45) is 1.85. The normalized spacial score (nSPS) is 10.8. The molecule has 2 aromatic heterocycles. The Morgan fingerprint density at radius 3 is 2.81 bits per heavy atom. The van der Waals surface area contributed by atoms with Gasteiger partial charge in [-0.25, -0.2) is 4.98 Å². The van der Waals surface area contributed by atoms with Crippen molar-refractivity contribution in [3.63, 3.8) is 0 Å². The number of thiophene rings is 1. The van der Waals surface area contributed by atoms with E-state index >= 15 is 0 Å². The van der Waals surface area contributed by atoms with E-state index in [4.69, 9.17) is 0 Å². The van der Waals surface area contributed by atoms with Crippen molar-refractivity contribution < 1.29 is 0 Å². The molecule has 78 valence electrons. The van der Waals surface area contributed by atoms with Gasteiger partial charge in [0.2, 0.25) is 0 Å². The average Bonchev–Trinajstić information content (AvgIpc) is 2.72. The molecule has 3 rings (SSSR count). The number of nitrogens with zero attached hydrogens (tertiary/aromatic N) is 1. The van der Waals surface area contributed by atoms with Crippen molar-refractivity contribution >= 4 is 21.6 Å². The molecule has 3 aromatic rings. The van der Waals surface area contributed by atoms with Crippen LogP contribution in [-0.2, 0) is 0 Å². The number of fused-ring (bicyclic) bond motifs is 1. The fourth-order valence-electron chi connectivity index (χ4n) is 1.81. The van der Waals surface area contributed by atoms with Crippen LogP contribution >= 0.6 is 11.3 Å². The maximum atomic E-state index is 4.37. The van der Waals surface area contributed by atoms with Crippen LogP contribution in [0, 0.1) is 6.92 Å².